The fourth-order valence-electron chi connectivity index (χ4n) is 2.50. The summed E-state index contributed by atoms with van der Waals surface area (Å²) in [6, 6.07) is 10.7. The molecule has 0 heterocycles. The van der Waals surface area contributed by atoms with Gasteiger partial charge in [0, 0.05) is 12.1 Å². The molecular formula is C19H20F3NO3S. The second kappa shape index (κ2) is 8.12. The number of alkyl halides is 3. The zero-order valence-corrected chi connectivity index (χ0v) is 15.7. The first-order valence-electron chi connectivity index (χ1n) is 8.30. The third kappa shape index (κ3) is 5.09. The molecule has 1 amide bonds. The molecule has 2 aromatic carbocycles. The van der Waals surface area contributed by atoms with E-state index in [1.807, 2.05) is 0 Å². The summed E-state index contributed by atoms with van der Waals surface area (Å²) in [5.74, 6) is -0.479. The van der Waals surface area contributed by atoms with Crippen molar-refractivity contribution in [1.29, 1.82) is 0 Å². The van der Waals surface area contributed by atoms with Crippen LogP contribution < -0.4 is 5.32 Å². The van der Waals surface area contributed by atoms with Crippen LogP contribution in [-0.2, 0) is 22.4 Å². The summed E-state index contributed by atoms with van der Waals surface area (Å²) in [5, 5.41) is 1.97. The van der Waals surface area contributed by atoms with Gasteiger partial charge in [-0.3, -0.25) is 4.79 Å². The average Bonchev–Trinajstić information content (AvgIpc) is 2.61. The lowest BCUT2D eigenvalue weighted by Crippen LogP contribution is -2.26. The Morgan fingerprint density at radius 2 is 1.63 bits per heavy atom. The Bertz CT molecular complexity index is 905. The van der Waals surface area contributed by atoms with Crippen LogP contribution in [0.5, 0.6) is 0 Å². The van der Waals surface area contributed by atoms with Crippen LogP contribution in [-0.4, -0.2) is 26.1 Å². The van der Waals surface area contributed by atoms with Crippen LogP contribution in [0.15, 0.2) is 53.4 Å². The van der Waals surface area contributed by atoms with E-state index in [4.69, 9.17) is 0 Å². The van der Waals surface area contributed by atoms with Crippen molar-refractivity contribution < 1.29 is 26.4 Å². The van der Waals surface area contributed by atoms with Crippen molar-refractivity contribution >= 4 is 15.7 Å². The highest BCUT2D eigenvalue weighted by Crippen LogP contribution is 2.31. The van der Waals surface area contributed by atoms with Gasteiger partial charge in [0.1, 0.15) is 0 Å². The molecule has 1 N–H and O–H groups in total. The van der Waals surface area contributed by atoms with Gasteiger partial charge in [0.05, 0.1) is 15.7 Å². The Labute approximate surface area is 156 Å². The minimum atomic E-state index is -4.45. The van der Waals surface area contributed by atoms with Gasteiger partial charge in [-0.25, -0.2) is 8.42 Å². The number of carbonyl (C=O) groups excluding carboxylic acids is 1. The van der Waals surface area contributed by atoms with Gasteiger partial charge in [-0.2, -0.15) is 13.2 Å². The Kier molecular flexibility index (Phi) is 6.30. The molecule has 0 aromatic heterocycles. The highest BCUT2D eigenvalue weighted by Gasteiger charge is 2.32. The molecule has 4 nitrogen and oxygen atoms in total. The van der Waals surface area contributed by atoms with Crippen LogP contribution in [0.25, 0.3) is 0 Å². The average molecular weight is 399 g/mol. The van der Waals surface area contributed by atoms with E-state index in [0.717, 1.165) is 6.07 Å². The summed E-state index contributed by atoms with van der Waals surface area (Å²) in [6.07, 6.45) is -4.42. The zero-order chi connectivity index (χ0) is 20.2. The lowest BCUT2D eigenvalue weighted by Gasteiger charge is -2.13. The second-order valence-electron chi connectivity index (χ2n) is 6.28. The zero-order valence-electron chi connectivity index (χ0n) is 14.9. The van der Waals surface area contributed by atoms with Gasteiger partial charge in [0.15, 0.2) is 9.84 Å². The molecule has 0 aliphatic rings. The Hall–Kier alpha value is -2.35. The first-order chi connectivity index (χ1) is 12.5. The molecular weight excluding hydrogens is 379 g/mol. The van der Waals surface area contributed by atoms with E-state index in [1.54, 1.807) is 13.8 Å². The predicted octanol–water partition coefficient (Wildman–Crippen LogP) is 3.86. The quantitative estimate of drug-likeness (QED) is 0.802. The number of halogens is 3. The van der Waals surface area contributed by atoms with Crippen molar-refractivity contribution in [3.63, 3.8) is 0 Å². The van der Waals surface area contributed by atoms with Crippen LogP contribution in [0.3, 0.4) is 0 Å². The van der Waals surface area contributed by atoms with Gasteiger partial charge in [0.25, 0.3) is 5.91 Å². The summed E-state index contributed by atoms with van der Waals surface area (Å²) >= 11 is 0. The van der Waals surface area contributed by atoms with Crippen LogP contribution in [0.2, 0.25) is 0 Å². The molecule has 27 heavy (non-hydrogen) atoms. The molecule has 0 atom stereocenters. The Balaban J connectivity index is 2.02. The molecule has 8 heteroatoms. The lowest BCUT2D eigenvalue weighted by molar-refractivity contribution is -0.138. The standard InChI is InChI=1S/C19H20F3NO3S/c1-13(2)27(25,26)16-9-7-15(8-10-16)18(24)23-12-11-14-5-3-4-6-17(14)19(20,21)22/h3-10,13H,11-12H2,1-2H3,(H,23,24). The molecule has 0 spiro atoms. The van der Waals surface area contributed by atoms with E-state index < -0.39 is 32.7 Å². The number of rotatable bonds is 6. The van der Waals surface area contributed by atoms with Crippen LogP contribution in [0, 0.1) is 0 Å². The number of nitrogens with one attached hydrogen (secondary N) is 1. The maximum absolute atomic E-state index is 13.0. The van der Waals surface area contributed by atoms with E-state index in [9.17, 15) is 26.4 Å². The van der Waals surface area contributed by atoms with Crippen molar-refractivity contribution in [2.75, 3.05) is 6.54 Å². The van der Waals surface area contributed by atoms with Crippen LogP contribution in [0.1, 0.15) is 35.3 Å². The molecule has 0 aliphatic carbocycles. The van der Waals surface area contributed by atoms with Gasteiger partial charge in [-0.1, -0.05) is 18.2 Å². The normalized spacial score (nSPS) is 12.2. The summed E-state index contributed by atoms with van der Waals surface area (Å²) in [4.78, 5) is 12.2. The molecule has 0 radical (unpaired) electrons. The molecule has 0 aliphatic heterocycles. The molecule has 0 fully saturated rings. The van der Waals surface area contributed by atoms with E-state index in [-0.39, 0.29) is 29.0 Å². The van der Waals surface area contributed by atoms with Gasteiger partial charge in [-0.05, 0) is 56.2 Å². The van der Waals surface area contributed by atoms with Crippen molar-refractivity contribution in [2.24, 2.45) is 0 Å². The number of carbonyl (C=O) groups is 1. The molecule has 0 saturated carbocycles. The van der Waals surface area contributed by atoms with Gasteiger partial charge >= 0.3 is 6.18 Å². The fourth-order valence-corrected chi connectivity index (χ4v) is 3.56. The van der Waals surface area contributed by atoms with Crippen molar-refractivity contribution in [2.45, 2.75) is 36.6 Å². The van der Waals surface area contributed by atoms with E-state index in [2.05, 4.69) is 5.32 Å². The molecule has 0 saturated heterocycles. The van der Waals surface area contributed by atoms with Crippen LogP contribution >= 0.6 is 0 Å². The highest BCUT2D eigenvalue weighted by atomic mass is 32.2. The van der Waals surface area contributed by atoms with Crippen LogP contribution in [0.4, 0.5) is 13.2 Å². The van der Waals surface area contributed by atoms with Crippen molar-refractivity contribution in [3.8, 4) is 0 Å². The number of hydrogen-bond donors (Lipinski definition) is 1. The third-order valence-corrected chi connectivity index (χ3v) is 6.24. The minimum absolute atomic E-state index is 0.0258. The van der Waals surface area contributed by atoms with Gasteiger partial charge in [-0.15, -0.1) is 0 Å². The fraction of sp³-hybridized carbons (Fsp3) is 0.316. The highest BCUT2D eigenvalue weighted by molar-refractivity contribution is 7.92. The monoisotopic (exact) mass is 399 g/mol. The van der Waals surface area contributed by atoms with Crippen molar-refractivity contribution in [3.05, 3.63) is 65.2 Å². The molecule has 0 bridgehead atoms. The largest absolute Gasteiger partial charge is 0.416 e. The number of sulfone groups is 1. The maximum atomic E-state index is 13.0. The maximum Gasteiger partial charge on any atom is 0.416 e. The molecule has 0 unspecified atom stereocenters. The topological polar surface area (TPSA) is 63.2 Å². The summed E-state index contributed by atoms with van der Waals surface area (Å²) < 4.78 is 63.0. The minimum Gasteiger partial charge on any atom is -0.352 e. The van der Waals surface area contributed by atoms with E-state index in [1.165, 1.54) is 42.5 Å². The number of hydrogen-bond acceptors (Lipinski definition) is 3. The number of amides is 1. The summed E-state index contributed by atoms with van der Waals surface area (Å²) in [7, 11) is -3.43. The van der Waals surface area contributed by atoms with E-state index >= 15 is 0 Å². The molecule has 2 rings (SSSR count). The molecule has 146 valence electrons. The smallest absolute Gasteiger partial charge is 0.352 e. The lowest BCUT2D eigenvalue weighted by atomic mass is 10.0. The molecule has 2 aromatic rings. The second-order valence-corrected chi connectivity index (χ2v) is 8.78. The summed E-state index contributed by atoms with van der Waals surface area (Å²) in [5.41, 5.74) is -0.381. The Morgan fingerprint density at radius 1 is 1.04 bits per heavy atom. The SMILES string of the molecule is CC(C)S(=O)(=O)c1ccc(C(=O)NCCc2ccccc2C(F)(F)F)cc1. The predicted molar refractivity (Wildman–Crippen MR) is 96.2 cm³/mol. The Morgan fingerprint density at radius 3 is 2.19 bits per heavy atom. The van der Waals surface area contributed by atoms with Gasteiger partial charge < -0.3 is 5.32 Å². The van der Waals surface area contributed by atoms with E-state index in [0.29, 0.717) is 0 Å². The first kappa shape index (κ1) is 21.0. The number of benzene rings is 2. The summed E-state index contributed by atoms with van der Waals surface area (Å²) in [6.45, 7) is 3.15. The van der Waals surface area contributed by atoms with Crippen molar-refractivity contribution in [1.82, 2.24) is 5.32 Å². The first-order valence-corrected chi connectivity index (χ1v) is 9.85. The van der Waals surface area contributed by atoms with Gasteiger partial charge in [0.2, 0.25) is 0 Å². The third-order valence-electron chi connectivity index (χ3n) is 4.07.